The maximum Gasteiger partial charge on any atom is 0.416 e. The lowest BCUT2D eigenvalue weighted by Crippen LogP contribution is -2.48. The van der Waals surface area contributed by atoms with Gasteiger partial charge in [0.15, 0.2) is 5.82 Å². The number of carbonyl (C=O) groups excluding carboxylic acids is 1. The molecule has 0 unspecified atom stereocenters. The number of carbonyl (C=O) groups is 1. The molecule has 0 spiro atoms. The summed E-state index contributed by atoms with van der Waals surface area (Å²) in [4.78, 5) is 30.5. The number of benzene rings is 2. The molecule has 11 heteroatoms. The number of hydrogen-bond donors (Lipinski definition) is 1. The number of halogens is 4. The van der Waals surface area contributed by atoms with Crippen LogP contribution >= 0.6 is 11.6 Å². The summed E-state index contributed by atoms with van der Waals surface area (Å²) in [5, 5.41) is 2.97. The number of hydrogen-bond acceptors (Lipinski definition) is 5. The van der Waals surface area contributed by atoms with Crippen molar-refractivity contribution in [1.82, 2.24) is 15.0 Å². The molecule has 2 aromatic heterocycles. The molecule has 2 bridgehead atoms. The van der Waals surface area contributed by atoms with Crippen LogP contribution < -0.4 is 15.1 Å². The Labute approximate surface area is 220 Å². The first-order chi connectivity index (χ1) is 18.3. The number of anilines is 3. The minimum Gasteiger partial charge on any atom is -0.366 e. The zero-order valence-corrected chi connectivity index (χ0v) is 20.5. The first-order valence-corrected chi connectivity index (χ1v) is 12.3. The van der Waals surface area contributed by atoms with Crippen LogP contribution in [-0.4, -0.2) is 40.1 Å². The molecule has 2 amide bonds. The molecular formula is C27H20ClF3N6O. The minimum atomic E-state index is -4.51. The number of alkyl halides is 3. The first kappa shape index (κ1) is 24.2. The average molecular weight is 537 g/mol. The van der Waals surface area contributed by atoms with Gasteiger partial charge in [-0.3, -0.25) is 10.2 Å². The third-order valence-corrected chi connectivity index (χ3v) is 6.95. The van der Waals surface area contributed by atoms with Gasteiger partial charge in [-0.2, -0.15) is 13.2 Å². The highest BCUT2D eigenvalue weighted by atomic mass is 35.5. The van der Waals surface area contributed by atoms with E-state index in [1.165, 1.54) is 17.0 Å². The van der Waals surface area contributed by atoms with E-state index in [9.17, 15) is 18.0 Å². The maximum absolute atomic E-state index is 13.6. The summed E-state index contributed by atoms with van der Waals surface area (Å²) in [6.45, 7) is 1.29. The van der Waals surface area contributed by atoms with Gasteiger partial charge in [0.25, 0.3) is 0 Å². The third kappa shape index (κ3) is 4.41. The molecule has 1 fully saturated rings. The monoisotopic (exact) mass is 536 g/mol. The molecule has 0 radical (unpaired) electrons. The Morgan fingerprint density at radius 3 is 2.58 bits per heavy atom. The van der Waals surface area contributed by atoms with E-state index in [-0.39, 0.29) is 28.3 Å². The molecule has 1 atom stereocenters. The number of rotatable bonds is 3. The van der Waals surface area contributed by atoms with Gasteiger partial charge < -0.3 is 4.90 Å². The highest BCUT2D eigenvalue weighted by molar-refractivity contribution is 6.33. The molecule has 4 aromatic rings. The molecule has 2 aliphatic heterocycles. The van der Waals surface area contributed by atoms with Crippen molar-refractivity contribution in [2.45, 2.75) is 18.6 Å². The van der Waals surface area contributed by atoms with Crippen LogP contribution in [0.15, 0.2) is 72.9 Å². The summed E-state index contributed by atoms with van der Waals surface area (Å²) in [5.74, 6) is 0.456. The summed E-state index contributed by atoms with van der Waals surface area (Å²) >= 11 is 6.52. The Balaban J connectivity index is 1.36. The van der Waals surface area contributed by atoms with Crippen LogP contribution in [0.25, 0.3) is 22.5 Å². The van der Waals surface area contributed by atoms with Gasteiger partial charge in [0.2, 0.25) is 5.95 Å². The minimum absolute atomic E-state index is 0.130. The van der Waals surface area contributed by atoms with Gasteiger partial charge in [0.05, 0.1) is 33.7 Å². The van der Waals surface area contributed by atoms with Gasteiger partial charge in [0.1, 0.15) is 0 Å². The molecule has 7 nitrogen and oxygen atoms in total. The van der Waals surface area contributed by atoms with Crippen molar-refractivity contribution in [3.63, 3.8) is 0 Å². The maximum atomic E-state index is 13.6. The van der Waals surface area contributed by atoms with Crippen LogP contribution in [0.4, 0.5) is 35.4 Å². The normalized spacial score (nSPS) is 16.4. The number of nitrogens with one attached hydrogen (secondary N) is 1. The quantitative estimate of drug-likeness (QED) is 0.323. The molecule has 192 valence electrons. The predicted molar refractivity (Wildman–Crippen MR) is 139 cm³/mol. The van der Waals surface area contributed by atoms with Crippen molar-refractivity contribution in [3.8, 4) is 22.5 Å². The van der Waals surface area contributed by atoms with E-state index in [1.807, 2.05) is 30.3 Å². The Morgan fingerprint density at radius 2 is 1.79 bits per heavy atom. The molecule has 1 N–H and O–H groups in total. The largest absolute Gasteiger partial charge is 0.416 e. The van der Waals surface area contributed by atoms with Crippen LogP contribution in [0.3, 0.4) is 0 Å². The Hall–Kier alpha value is -4.18. The lowest BCUT2D eigenvalue weighted by atomic mass is 10.1. The fraction of sp³-hybridized carbons (Fsp3) is 0.185. The number of nitrogens with zero attached hydrogens (tertiary/aromatic N) is 5. The highest BCUT2D eigenvalue weighted by Gasteiger charge is 2.41. The highest BCUT2D eigenvalue weighted by Crippen LogP contribution is 2.43. The van der Waals surface area contributed by atoms with Gasteiger partial charge in [-0.05, 0) is 30.7 Å². The van der Waals surface area contributed by atoms with E-state index in [0.717, 1.165) is 17.7 Å². The van der Waals surface area contributed by atoms with Crippen LogP contribution in [0.2, 0.25) is 5.02 Å². The SMILES string of the molecule is O=C(Nc1nccc(-c2ccccc2)n1)N1c2nc(-c3cccc(C(F)(F)F)c3)c(Cl)cc2N2CC[C@H]1C2. The van der Waals surface area contributed by atoms with E-state index in [1.54, 1.807) is 18.3 Å². The smallest absolute Gasteiger partial charge is 0.366 e. The van der Waals surface area contributed by atoms with Gasteiger partial charge in [-0.25, -0.2) is 19.7 Å². The van der Waals surface area contributed by atoms with Gasteiger partial charge >= 0.3 is 12.2 Å². The molecule has 2 aromatic carbocycles. The second kappa shape index (κ2) is 9.29. The third-order valence-electron chi connectivity index (χ3n) is 6.66. The molecule has 0 saturated carbocycles. The molecule has 0 aliphatic carbocycles. The Kier molecular flexibility index (Phi) is 5.91. The Morgan fingerprint density at radius 1 is 1.00 bits per heavy atom. The number of fused-ring (bicyclic) bond motifs is 4. The summed E-state index contributed by atoms with van der Waals surface area (Å²) < 4.78 is 40.0. The summed E-state index contributed by atoms with van der Waals surface area (Å²) in [5.41, 5.74) is 1.74. The second-order valence-corrected chi connectivity index (χ2v) is 9.47. The van der Waals surface area contributed by atoms with Gasteiger partial charge in [-0.15, -0.1) is 0 Å². The van der Waals surface area contributed by atoms with Crippen LogP contribution in [-0.2, 0) is 6.18 Å². The summed E-state index contributed by atoms with van der Waals surface area (Å²) in [6.07, 6.45) is -2.25. The van der Waals surface area contributed by atoms with Crippen molar-refractivity contribution in [2.75, 3.05) is 28.2 Å². The van der Waals surface area contributed by atoms with Crippen molar-refractivity contribution >= 4 is 35.1 Å². The standard InChI is InChI=1S/C27H20ClF3N6O/c28-20-14-22-24(34-23(20)17-7-4-8-18(13-17)27(29,30)31)37(19-10-12-36(22)15-19)26(38)35-25-32-11-9-21(33-25)16-5-2-1-3-6-16/h1-9,11,13-14,19H,10,12,15H2,(H,32,33,35,38)/t19-/m0/s1. The molecule has 6 rings (SSSR count). The van der Waals surface area contributed by atoms with Crippen molar-refractivity contribution in [3.05, 3.63) is 83.5 Å². The van der Waals surface area contributed by atoms with Crippen molar-refractivity contribution in [2.24, 2.45) is 0 Å². The van der Waals surface area contributed by atoms with E-state index in [2.05, 4.69) is 25.2 Å². The predicted octanol–water partition coefficient (Wildman–Crippen LogP) is 6.51. The van der Waals surface area contributed by atoms with Gasteiger partial charge in [-0.1, -0.05) is 54.1 Å². The summed E-state index contributed by atoms with van der Waals surface area (Å²) in [6, 6.07) is 17.1. The van der Waals surface area contributed by atoms with Gasteiger partial charge in [0, 0.05) is 30.4 Å². The molecule has 38 heavy (non-hydrogen) atoms. The lowest BCUT2D eigenvalue weighted by Gasteiger charge is -2.36. The average Bonchev–Trinajstić information content (AvgIpc) is 3.33. The van der Waals surface area contributed by atoms with E-state index in [4.69, 9.17) is 11.6 Å². The van der Waals surface area contributed by atoms with E-state index in [0.29, 0.717) is 36.7 Å². The molecule has 2 aliphatic rings. The zero-order valence-electron chi connectivity index (χ0n) is 19.8. The molecule has 4 heterocycles. The van der Waals surface area contributed by atoms with Crippen molar-refractivity contribution < 1.29 is 18.0 Å². The molecule has 1 saturated heterocycles. The number of pyridine rings is 1. The second-order valence-electron chi connectivity index (χ2n) is 9.06. The first-order valence-electron chi connectivity index (χ1n) is 11.9. The van der Waals surface area contributed by atoms with Crippen molar-refractivity contribution in [1.29, 1.82) is 0 Å². The fourth-order valence-corrected chi connectivity index (χ4v) is 5.13. The lowest BCUT2D eigenvalue weighted by molar-refractivity contribution is -0.137. The van der Waals surface area contributed by atoms with E-state index >= 15 is 0 Å². The zero-order chi connectivity index (χ0) is 26.4. The van der Waals surface area contributed by atoms with Crippen LogP contribution in [0.1, 0.15) is 12.0 Å². The van der Waals surface area contributed by atoms with E-state index < -0.39 is 17.8 Å². The Bertz CT molecular complexity index is 1530. The molecular weight excluding hydrogens is 517 g/mol. The number of aromatic nitrogens is 3. The fourth-order valence-electron chi connectivity index (χ4n) is 4.88. The van der Waals surface area contributed by atoms with Crippen LogP contribution in [0.5, 0.6) is 0 Å². The summed E-state index contributed by atoms with van der Waals surface area (Å²) in [7, 11) is 0. The number of urea groups is 1. The number of amides is 2. The van der Waals surface area contributed by atoms with Crippen LogP contribution in [0, 0.1) is 0 Å². The topological polar surface area (TPSA) is 74.2 Å².